The Morgan fingerprint density at radius 2 is 2.37 bits per heavy atom. The third kappa shape index (κ3) is 2.03. The Bertz CT molecular complexity index is 566. The van der Waals surface area contributed by atoms with Gasteiger partial charge in [0.25, 0.3) is 0 Å². The lowest BCUT2D eigenvalue weighted by Crippen LogP contribution is -2.52. The minimum absolute atomic E-state index is 0.0832. The second-order valence-electron chi connectivity index (χ2n) is 5.37. The van der Waals surface area contributed by atoms with E-state index in [4.69, 9.17) is 5.73 Å². The molecule has 7 heteroatoms. The molecule has 7 nitrogen and oxygen atoms in total. The van der Waals surface area contributed by atoms with Crippen LogP contribution >= 0.6 is 0 Å². The van der Waals surface area contributed by atoms with E-state index in [0.717, 1.165) is 12.2 Å². The van der Waals surface area contributed by atoms with Crippen LogP contribution in [0.4, 0.5) is 5.82 Å². The smallest absolute Gasteiger partial charge is 0.199 e. The van der Waals surface area contributed by atoms with Crippen LogP contribution in [0, 0.1) is 5.92 Å². The lowest BCUT2D eigenvalue weighted by Gasteiger charge is -2.43. The minimum Gasteiger partial charge on any atom is -0.362 e. The first-order chi connectivity index (χ1) is 9.25. The van der Waals surface area contributed by atoms with E-state index in [-0.39, 0.29) is 5.54 Å². The van der Waals surface area contributed by atoms with Gasteiger partial charge in [-0.3, -0.25) is 4.98 Å². The first-order valence-corrected chi connectivity index (χ1v) is 6.75. The van der Waals surface area contributed by atoms with Gasteiger partial charge in [-0.05, 0) is 29.2 Å². The summed E-state index contributed by atoms with van der Waals surface area (Å²) in [5.74, 6) is 1.33. The third-order valence-corrected chi connectivity index (χ3v) is 4.30. The Hall–Kier alpha value is -1.76. The number of nitrogens with one attached hydrogen (secondary N) is 1. The van der Waals surface area contributed by atoms with E-state index in [9.17, 15) is 0 Å². The van der Waals surface area contributed by atoms with Crippen molar-refractivity contribution in [3.63, 3.8) is 0 Å². The van der Waals surface area contributed by atoms with Gasteiger partial charge in [-0.15, -0.1) is 5.10 Å². The van der Waals surface area contributed by atoms with Crippen LogP contribution in [0.3, 0.4) is 0 Å². The van der Waals surface area contributed by atoms with Gasteiger partial charge in [0.15, 0.2) is 11.5 Å². The molecule has 3 N–H and O–H groups in total. The molecule has 0 aliphatic heterocycles. The Kier molecular flexibility index (Phi) is 3.06. The Balaban J connectivity index is 1.96. The predicted molar refractivity (Wildman–Crippen MR) is 71.6 cm³/mol. The lowest BCUT2D eigenvalue weighted by molar-refractivity contribution is 0.234. The summed E-state index contributed by atoms with van der Waals surface area (Å²) in [6.07, 6.45) is 8.14. The maximum atomic E-state index is 6.05. The van der Waals surface area contributed by atoms with Crippen molar-refractivity contribution in [2.45, 2.75) is 38.1 Å². The Morgan fingerprint density at radius 3 is 3.16 bits per heavy atom. The van der Waals surface area contributed by atoms with E-state index < -0.39 is 0 Å². The first-order valence-electron chi connectivity index (χ1n) is 6.75. The van der Waals surface area contributed by atoms with E-state index in [1.54, 1.807) is 16.9 Å². The molecule has 0 amide bonds. The normalized spacial score (nSPS) is 27.6. The summed E-state index contributed by atoms with van der Waals surface area (Å²) in [6.45, 7) is 2.86. The molecule has 2 unspecified atom stereocenters. The molecular formula is C12H19N7. The van der Waals surface area contributed by atoms with Gasteiger partial charge in [-0.25, -0.2) is 0 Å². The zero-order valence-corrected chi connectivity index (χ0v) is 11.1. The van der Waals surface area contributed by atoms with Crippen molar-refractivity contribution in [1.29, 1.82) is 0 Å². The van der Waals surface area contributed by atoms with Gasteiger partial charge in [0, 0.05) is 6.54 Å². The van der Waals surface area contributed by atoms with Gasteiger partial charge in [0.05, 0.1) is 17.9 Å². The Morgan fingerprint density at radius 1 is 1.47 bits per heavy atom. The molecule has 1 saturated carbocycles. The Labute approximate surface area is 111 Å². The fraction of sp³-hybridized carbons (Fsp3) is 0.667. The number of tetrazole rings is 1. The maximum absolute atomic E-state index is 6.05. The molecule has 0 radical (unpaired) electrons. The van der Waals surface area contributed by atoms with Gasteiger partial charge in [-0.1, -0.05) is 19.8 Å². The fourth-order valence-electron chi connectivity index (χ4n) is 2.97. The molecule has 0 bridgehead atoms. The highest BCUT2D eigenvalue weighted by molar-refractivity contribution is 5.45. The zero-order valence-electron chi connectivity index (χ0n) is 11.1. The number of anilines is 1. The van der Waals surface area contributed by atoms with E-state index in [1.807, 2.05) is 0 Å². The molecule has 2 atom stereocenters. The van der Waals surface area contributed by atoms with Crippen molar-refractivity contribution in [1.82, 2.24) is 25.0 Å². The number of nitrogens with two attached hydrogens (primary N) is 1. The van der Waals surface area contributed by atoms with Gasteiger partial charge in [0.1, 0.15) is 0 Å². The largest absolute Gasteiger partial charge is 0.362 e. The second kappa shape index (κ2) is 4.73. The summed E-state index contributed by atoms with van der Waals surface area (Å²) in [7, 11) is 0. The van der Waals surface area contributed by atoms with Crippen molar-refractivity contribution in [3.05, 3.63) is 12.4 Å². The van der Waals surface area contributed by atoms with E-state index in [0.29, 0.717) is 18.1 Å². The molecule has 102 valence electrons. The molecule has 1 aliphatic rings. The molecule has 0 aromatic carbocycles. The lowest BCUT2D eigenvalue weighted by atomic mass is 9.73. The molecule has 2 aromatic heterocycles. The number of nitrogens with zero attached hydrogens (tertiary/aromatic N) is 5. The van der Waals surface area contributed by atoms with Crippen LogP contribution in [0.25, 0.3) is 5.65 Å². The van der Waals surface area contributed by atoms with Gasteiger partial charge >= 0.3 is 0 Å². The van der Waals surface area contributed by atoms with Crippen molar-refractivity contribution in [3.8, 4) is 0 Å². The van der Waals surface area contributed by atoms with Crippen LogP contribution in [0.15, 0.2) is 12.4 Å². The number of rotatable bonds is 3. The molecule has 1 aliphatic carbocycles. The van der Waals surface area contributed by atoms with Crippen LogP contribution in [0.1, 0.15) is 32.6 Å². The molecule has 1 fully saturated rings. The van der Waals surface area contributed by atoms with Crippen molar-refractivity contribution in [2.75, 3.05) is 11.9 Å². The summed E-state index contributed by atoms with van der Waals surface area (Å²) in [5.41, 5.74) is 6.61. The summed E-state index contributed by atoms with van der Waals surface area (Å²) in [4.78, 5) is 4.17. The quantitative estimate of drug-likeness (QED) is 0.850. The van der Waals surface area contributed by atoms with Crippen molar-refractivity contribution >= 4 is 11.5 Å². The standard InChI is InChI=1S/C12H19N7/c1-9-4-2-3-5-12(9,8-13)15-10-6-14-7-11-16-17-18-19(10)11/h6-7,9,15H,2-5,8,13H2,1H3. The van der Waals surface area contributed by atoms with E-state index in [2.05, 4.69) is 32.7 Å². The van der Waals surface area contributed by atoms with Crippen LogP contribution in [0.2, 0.25) is 0 Å². The molecule has 2 heterocycles. The summed E-state index contributed by atoms with van der Waals surface area (Å²) in [6, 6.07) is 0. The molecule has 0 spiro atoms. The average Bonchev–Trinajstić information content (AvgIpc) is 2.91. The molecule has 2 aromatic rings. The molecule has 19 heavy (non-hydrogen) atoms. The van der Waals surface area contributed by atoms with Crippen LogP contribution < -0.4 is 11.1 Å². The van der Waals surface area contributed by atoms with Crippen LogP contribution in [0.5, 0.6) is 0 Å². The van der Waals surface area contributed by atoms with Gasteiger partial charge in [0.2, 0.25) is 0 Å². The van der Waals surface area contributed by atoms with E-state index >= 15 is 0 Å². The molecule has 3 rings (SSSR count). The number of hydrogen-bond acceptors (Lipinski definition) is 6. The maximum Gasteiger partial charge on any atom is 0.199 e. The summed E-state index contributed by atoms with van der Waals surface area (Å²) >= 11 is 0. The van der Waals surface area contributed by atoms with Crippen molar-refractivity contribution in [2.24, 2.45) is 11.7 Å². The number of aromatic nitrogens is 5. The zero-order chi connectivity index (χ0) is 13.3. The first kappa shape index (κ1) is 12.3. The molecule has 0 saturated heterocycles. The summed E-state index contributed by atoms with van der Waals surface area (Å²) in [5, 5.41) is 15.1. The topological polar surface area (TPSA) is 94.0 Å². The van der Waals surface area contributed by atoms with E-state index in [1.165, 1.54) is 19.3 Å². The average molecular weight is 261 g/mol. The SMILES string of the molecule is CC1CCCCC1(CN)Nc1cncc2nnnn12. The monoisotopic (exact) mass is 261 g/mol. The molecular weight excluding hydrogens is 242 g/mol. The van der Waals surface area contributed by atoms with Gasteiger partial charge < -0.3 is 11.1 Å². The third-order valence-electron chi connectivity index (χ3n) is 4.30. The van der Waals surface area contributed by atoms with Gasteiger partial charge in [-0.2, -0.15) is 4.52 Å². The predicted octanol–water partition coefficient (Wildman–Crippen LogP) is 0.839. The highest BCUT2D eigenvalue weighted by atomic mass is 15.5. The minimum atomic E-state index is -0.0832. The number of hydrogen-bond donors (Lipinski definition) is 2. The van der Waals surface area contributed by atoms with Crippen molar-refractivity contribution < 1.29 is 0 Å². The summed E-state index contributed by atoms with van der Waals surface area (Å²) < 4.78 is 1.67. The highest BCUT2D eigenvalue weighted by Crippen LogP contribution is 2.35. The van der Waals surface area contributed by atoms with Crippen LogP contribution in [-0.2, 0) is 0 Å². The fourth-order valence-corrected chi connectivity index (χ4v) is 2.97. The second-order valence-corrected chi connectivity index (χ2v) is 5.37. The highest BCUT2D eigenvalue weighted by Gasteiger charge is 2.37. The van der Waals surface area contributed by atoms with Crippen LogP contribution in [-0.4, -0.2) is 37.1 Å². The number of fused-ring (bicyclic) bond motifs is 1.